The molecule has 1 heterocycles. The molecule has 0 aromatic carbocycles. The Morgan fingerprint density at radius 1 is 1.44 bits per heavy atom. The lowest BCUT2D eigenvalue weighted by Gasteiger charge is -2.11. The molecule has 1 aromatic rings. The van der Waals surface area contributed by atoms with Crippen LogP contribution in [0.3, 0.4) is 0 Å². The topological polar surface area (TPSA) is 42.0 Å². The molecule has 0 fully saturated rings. The number of pyridine rings is 1. The number of halogens is 1. The molecule has 1 N–H and O–H groups in total. The van der Waals surface area contributed by atoms with E-state index < -0.39 is 0 Å². The zero-order valence-corrected chi connectivity index (χ0v) is 12.0. The number of nitrogens with one attached hydrogen (secondary N) is 1. The van der Waals surface area contributed by atoms with Gasteiger partial charge in [0, 0.05) is 17.8 Å². The van der Waals surface area contributed by atoms with E-state index in [0.29, 0.717) is 23.2 Å². The maximum Gasteiger partial charge on any atom is 0.251 e. The number of aromatic nitrogens is 1. The van der Waals surface area contributed by atoms with Crippen LogP contribution >= 0.6 is 11.6 Å². The van der Waals surface area contributed by atoms with Crippen molar-refractivity contribution in [2.75, 3.05) is 6.54 Å². The fourth-order valence-corrected chi connectivity index (χ4v) is 1.81. The highest BCUT2D eigenvalue weighted by atomic mass is 35.5. The van der Waals surface area contributed by atoms with Gasteiger partial charge in [-0.3, -0.25) is 4.79 Å². The number of amides is 1. The first kappa shape index (κ1) is 15.0. The maximum atomic E-state index is 12.0. The number of hydrogen-bond donors (Lipinski definition) is 1. The van der Waals surface area contributed by atoms with Crippen molar-refractivity contribution in [3.05, 3.63) is 28.5 Å². The summed E-state index contributed by atoms with van der Waals surface area (Å²) < 4.78 is 0. The summed E-state index contributed by atoms with van der Waals surface area (Å²) >= 11 is 5.93. The van der Waals surface area contributed by atoms with Crippen LogP contribution in [0.2, 0.25) is 5.15 Å². The lowest BCUT2D eigenvalue weighted by Crippen LogP contribution is -2.28. The summed E-state index contributed by atoms with van der Waals surface area (Å²) in [6.07, 6.45) is 2.88. The predicted molar refractivity (Wildman–Crippen MR) is 75.0 cm³/mol. The molecule has 1 atom stereocenters. The molecule has 0 spiro atoms. The van der Waals surface area contributed by atoms with Gasteiger partial charge in [0.1, 0.15) is 5.15 Å². The second-order valence-corrected chi connectivity index (χ2v) is 5.03. The summed E-state index contributed by atoms with van der Waals surface area (Å²) in [4.78, 5) is 16.2. The van der Waals surface area contributed by atoms with Crippen LogP contribution in [0.4, 0.5) is 0 Å². The second-order valence-electron chi connectivity index (χ2n) is 4.64. The van der Waals surface area contributed by atoms with E-state index in [1.54, 1.807) is 6.07 Å². The molecular formula is C14H21ClN2O. The molecule has 18 heavy (non-hydrogen) atoms. The minimum absolute atomic E-state index is 0.0723. The quantitative estimate of drug-likeness (QED) is 0.803. The summed E-state index contributed by atoms with van der Waals surface area (Å²) in [5, 5.41) is 3.30. The van der Waals surface area contributed by atoms with Gasteiger partial charge in [0.05, 0.1) is 0 Å². The molecular weight excluding hydrogens is 248 g/mol. The molecule has 3 nitrogen and oxygen atoms in total. The van der Waals surface area contributed by atoms with Crippen LogP contribution < -0.4 is 5.32 Å². The van der Waals surface area contributed by atoms with Gasteiger partial charge in [-0.15, -0.1) is 0 Å². The lowest BCUT2D eigenvalue weighted by atomic mass is 10.1. The first-order chi connectivity index (χ1) is 8.56. The van der Waals surface area contributed by atoms with Crippen molar-refractivity contribution in [3.8, 4) is 0 Å². The third kappa shape index (κ3) is 4.65. The van der Waals surface area contributed by atoms with E-state index in [-0.39, 0.29) is 5.91 Å². The molecule has 0 bridgehead atoms. The third-order valence-electron chi connectivity index (χ3n) is 2.92. The smallest absolute Gasteiger partial charge is 0.251 e. The van der Waals surface area contributed by atoms with Crippen LogP contribution in [0.1, 0.15) is 49.7 Å². The van der Waals surface area contributed by atoms with E-state index in [0.717, 1.165) is 25.0 Å². The molecule has 0 aliphatic rings. The van der Waals surface area contributed by atoms with Gasteiger partial charge >= 0.3 is 0 Å². The predicted octanol–water partition coefficient (Wildman–Crippen LogP) is 3.46. The summed E-state index contributed by atoms with van der Waals surface area (Å²) in [6, 6.07) is 3.44. The number of aryl methyl sites for hydroxylation is 1. The monoisotopic (exact) mass is 268 g/mol. The van der Waals surface area contributed by atoms with Gasteiger partial charge in [-0.05, 0) is 24.5 Å². The molecule has 0 aliphatic carbocycles. The fourth-order valence-electron chi connectivity index (χ4n) is 1.58. The summed E-state index contributed by atoms with van der Waals surface area (Å²) in [6.45, 7) is 6.99. The zero-order chi connectivity index (χ0) is 13.5. The zero-order valence-electron chi connectivity index (χ0n) is 11.3. The number of carbonyl (C=O) groups is 1. The van der Waals surface area contributed by atoms with Crippen LogP contribution in [0.5, 0.6) is 0 Å². The van der Waals surface area contributed by atoms with E-state index in [1.165, 1.54) is 0 Å². The van der Waals surface area contributed by atoms with Crippen molar-refractivity contribution in [2.45, 2.75) is 40.0 Å². The lowest BCUT2D eigenvalue weighted by molar-refractivity contribution is 0.0947. The van der Waals surface area contributed by atoms with Crippen molar-refractivity contribution in [2.24, 2.45) is 5.92 Å². The van der Waals surface area contributed by atoms with Gasteiger partial charge in [0.15, 0.2) is 0 Å². The highest BCUT2D eigenvalue weighted by molar-refractivity contribution is 6.29. The van der Waals surface area contributed by atoms with E-state index in [1.807, 2.05) is 6.07 Å². The van der Waals surface area contributed by atoms with Crippen molar-refractivity contribution < 1.29 is 4.79 Å². The first-order valence-electron chi connectivity index (χ1n) is 6.51. The van der Waals surface area contributed by atoms with Crippen molar-refractivity contribution in [1.29, 1.82) is 0 Å². The third-order valence-corrected chi connectivity index (χ3v) is 3.12. The van der Waals surface area contributed by atoms with Crippen molar-refractivity contribution in [3.63, 3.8) is 0 Å². The molecule has 1 unspecified atom stereocenters. The van der Waals surface area contributed by atoms with E-state index >= 15 is 0 Å². The standard InChI is InChI=1S/C14H21ClN2O/c1-4-6-12-7-11(8-13(15)17-12)14(18)16-9-10(3)5-2/h7-8,10H,4-6,9H2,1-3H3,(H,16,18). The summed E-state index contributed by atoms with van der Waals surface area (Å²) in [7, 11) is 0. The SMILES string of the molecule is CCCc1cc(C(=O)NCC(C)CC)cc(Cl)n1. The van der Waals surface area contributed by atoms with Crippen molar-refractivity contribution >= 4 is 17.5 Å². The van der Waals surface area contributed by atoms with Crippen LogP contribution in [0.25, 0.3) is 0 Å². The Morgan fingerprint density at radius 3 is 2.78 bits per heavy atom. The van der Waals surface area contributed by atoms with Gasteiger partial charge in [0.2, 0.25) is 0 Å². The summed E-state index contributed by atoms with van der Waals surface area (Å²) in [5.41, 5.74) is 1.47. The maximum absolute atomic E-state index is 12.0. The molecule has 1 aromatic heterocycles. The van der Waals surface area contributed by atoms with Crippen LogP contribution in [-0.4, -0.2) is 17.4 Å². The van der Waals surface area contributed by atoms with Crippen LogP contribution in [0.15, 0.2) is 12.1 Å². The number of hydrogen-bond acceptors (Lipinski definition) is 2. The average Bonchev–Trinajstić information content (AvgIpc) is 2.35. The Morgan fingerprint density at radius 2 is 2.17 bits per heavy atom. The largest absolute Gasteiger partial charge is 0.352 e. The van der Waals surface area contributed by atoms with E-state index in [4.69, 9.17) is 11.6 Å². The molecule has 1 amide bonds. The molecule has 0 radical (unpaired) electrons. The molecule has 0 saturated carbocycles. The highest BCUT2D eigenvalue weighted by Gasteiger charge is 2.10. The Bertz CT molecular complexity index is 407. The van der Waals surface area contributed by atoms with Gasteiger partial charge in [-0.1, -0.05) is 45.2 Å². The van der Waals surface area contributed by atoms with E-state index in [2.05, 4.69) is 31.1 Å². The molecule has 1 rings (SSSR count). The van der Waals surface area contributed by atoms with E-state index in [9.17, 15) is 4.79 Å². The molecule has 0 aliphatic heterocycles. The molecule has 100 valence electrons. The number of rotatable bonds is 6. The van der Waals surface area contributed by atoms with Crippen LogP contribution in [-0.2, 0) is 6.42 Å². The Labute approximate surface area is 114 Å². The molecule has 0 saturated heterocycles. The second kappa shape index (κ2) is 7.37. The minimum atomic E-state index is -0.0723. The highest BCUT2D eigenvalue weighted by Crippen LogP contribution is 2.12. The van der Waals surface area contributed by atoms with Crippen molar-refractivity contribution in [1.82, 2.24) is 10.3 Å². The Hall–Kier alpha value is -1.09. The fraction of sp³-hybridized carbons (Fsp3) is 0.571. The average molecular weight is 269 g/mol. The number of nitrogens with zero attached hydrogens (tertiary/aromatic N) is 1. The van der Waals surface area contributed by atoms with Gasteiger partial charge in [-0.2, -0.15) is 0 Å². The normalized spacial score (nSPS) is 12.2. The summed E-state index contributed by atoms with van der Waals surface area (Å²) in [5.74, 6) is 0.415. The van der Waals surface area contributed by atoms with Gasteiger partial charge in [0.25, 0.3) is 5.91 Å². The Kier molecular flexibility index (Phi) is 6.13. The first-order valence-corrected chi connectivity index (χ1v) is 6.89. The van der Waals surface area contributed by atoms with Gasteiger partial charge in [-0.25, -0.2) is 4.98 Å². The number of carbonyl (C=O) groups excluding carboxylic acids is 1. The van der Waals surface area contributed by atoms with Crippen LogP contribution in [0, 0.1) is 5.92 Å². The molecule has 4 heteroatoms. The Balaban J connectivity index is 2.72. The van der Waals surface area contributed by atoms with Gasteiger partial charge < -0.3 is 5.32 Å². The minimum Gasteiger partial charge on any atom is -0.352 e.